The zero-order valence-corrected chi connectivity index (χ0v) is 14.0. The van der Waals surface area contributed by atoms with Gasteiger partial charge in [-0.1, -0.05) is 40.2 Å². The van der Waals surface area contributed by atoms with Gasteiger partial charge in [0.25, 0.3) is 0 Å². The van der Waals surface area contributed by atoms with Gasteiger partial charge in [0.2, 0.25) is 0 Å². The number of allylic oxidation sites excluding steroid dienone is 1. The van der Waals surface area contributed by atoms with Crippen molar-refractivity contribution in [3.05, 3.63) is 70.0 Å². The van der Waals surface area contributed by atoms with E-state index in [-0.39, 0.29) is 18.0 Å². The summed E-state index contributed by atoms with van der Waals surface area (Å²) in [6.07, 6.45) is 3.26. The second-order valence-electron chi connectivity index (χ2n) is 4.89. The third-order valence-corrected chi connectivity index (χ3v) is 3.43. The van der Waals surface area contributed by atoms with Crippen molar-refractivity contribution in [2.24, 2.45) is 0 Å². The van der Waals surface area contributed by atoms with Crippen molar-refractivity contribution < 1.29 is 18.7 Å². The standard InChI is InChI=1S/C18H14BrFO3/c1-12(21)23-18-11-13(6-8-17(18)20)5-7-16(22)10-14-3-2-4-15(19)9-14/h2-9,11H,10H2,1H3/b7-5+. The number of hydrogen-bond donors (Lipinski definition) is 0. The molecule has 0 saturated heterocycles. The molecule has 2 aromatic rings. The zero-order valence-electron chi connectivity index (χ0n) is 12.4. The van der Waals surface area contributed by atoms with Gasteiger partial charge >= 0.3 is 5.97 Å². The molecule has 0 bridgehead atoms. The normalized spacial score (nSPS) is 10.7. The van der Waals surface area contributed by atoms with Crippen LogP contribution in [0.3, 0.4) is 0 Å². The van der Waals surface area contributed by atoms with Crippen LogP contribution < -0.4 is 4.74 Å². The van der Waals surface area contributed by atoms with Crippen molar-refractivity contribution in [2.75, 3.05) is 0 Å². The number of carbonyl (C=O) groups excluding carboxylic acids is 2. The van der Waals surface area contributed by atoms with Gasteiger partial charge in [-0.2, -0.15) is 0 Å². The van der Waals surface area contributed by atoms with E-state index in [2.05, 4.69) is 15.9 Å². The predicted octanol–water partition coefficient (Wildman–Crippen LogP) is 4.34. The quantitative estimate of drug-likeness (QED) is 0.442. The van der Waals surface area contributed by atoms with Gasteiger partial charge < -0.3 is 4.74 Å². The number of hydrogen-bond acceptors (Lipinski definition) is 3. The van der Waals surface area contributed by atoms with Crippen molar-refractivity contribution in [1.82, 2.24) is 0 Å². The number of ketones is 1. The monoisotopic (exact) mass is 376 g/mol. The van der Waals surface area contributed by atoms with E-state index in [1.54, 1.807) is 6.08 Å². The van der Waals surface area contributed by atoms with E-state index in [4.69, 9.17) is 4.74 Å². The van der Waals surface area contributed by atoms with Gasteiger partial charge in [0, 0.05) is 17.8 Å². The maximum Gasteiger partial charge on any atom is 0.308 e. The topological polar surface area (TPSA) is 43.4 Å². The van der Waals surface area contributed by atoms with Crippen LogP contribution in [0.15, 0.2) is 53.0 Å². The Balaban J connectivity index is 2.07. The third kappa shape index (κ3) is 5.45. The minimum atomic E-state index is -0.627. The molecule has 23 heavy (non-hydrogen) atoms. The van der Waals surface area contributed by atoms with Crippen LogP contribution in [0.5, 0.6) is 5.75 Å². The Hall–Kier alpha value is -2.27. The molecule has 0 aliphatic rings. The fourth-order valence-corrected chi connectivity index (χ4v) is 2.40. The third-order valence-electron chi connectivity index (χ3n) is 2.94. The highest BCUT2D eigenvalue weighted by atomic mass is 79.9. The van der Waals surface area contributed by atoms with Gasteiger partial charge in [0.15, 0.2) is 17.3 Å². The molecule has 5 heteroatoms. The summed E-state index contributed by atoms with van der Waals surface area (Å²) in [5.41, 5.74) is 1.47. The number of ether oxygens (including phenoxy) is 1. The fraction of sp³-hybridized carbons (Fsp3) is 0.111. The molecule has 118 valence electrons. The number of benzene rings is 2. The Kier molecular flexibility index (Phi) is 5.82. The summed E-state index contributed by atoms with van der Waals surface area (Å²) in [5, 5.41) is 0. The maximum atomic E-state index is 13.5. The molecule has 0 atom stereocenters. The summed E-state index contributed by atoms with van der Waals surface area (Å²) in [6, 6.07) is 11.6. The lowest BCUT2D eigenvalue weighted by Gasteiger charge is -2.03. The Morgan fingerprint density at radius 3 is 2.70 bits per heavy atom. The lowest BCUT2D eigenvalue weighted by atomic mass is 10.1. The number of carbonyl (C=O) groups is 2. The van der Waals surface area contributed by atoms with Crippen LogP contribution in [0.2, 0.25) is 0 Å². The first-order valence-corrected chi connectivity index (χ1v) is 7.66. The van der Waals surface area contributed by atoms with Gasteiger partial charge in [-0.3, -0.25) is 9.59 Å². The average molecular weight is 377 g/mol. The lowest BCUT2D eigenvalue weighted by Crippen LogP contribution is -2.03. The molecule has 0 saturated carbocycles. The highest BCUT2D eigenvalue weighted by Gasteiger charge is 2.07. The first kappa shape index (κ1) is 17.1. The summed E-state index contributed by atoms with van der Waals surface area (Å²) in [7, 11) is 0. The minimum absolute atomic E-state index is 0.0820. The Morgan fingerprint density at radius 2 is 2.00 bits per heavy atom. The van der Waals surface area contributed by atoms with Crippen molar-refractivity contribution in [3.63, 3.8) is 0 Å². The van der Waals surface area contributed by atoms with Crippen molar-refractivity contribution >= 4 is 33.8 Å². The molecule has 0 heterocycles. The zero-order chi connectivity index (χ0) is 16.8. The molecule has 0 aliphatic carbocycles. The first-order valence-electron chi connectivity index (χ1n) is 6.87. The molecule has 2 rings (SSSR count). The number of halogens is 2. The summed E-state index contributed by atoms with van der Waals surface area (Å²) >= 11 is 3.36. The fourth-order valence-electron chi connectivity index (χ4n) is 1.95. The predicted molar refractivity (Wildman–Crippen MR) is 89.6 cm³/mol. The summed E-state index contributed by atoms with van der Waals surface area (Å²) in [5.74, 6) is -1.46. The molecule has 2 aromatic carbocycles. The molecular weight excluding hydrogens is 363 g/mol. The Morgan fingerprint density at radius 1 is 1.22 bits per heavy atom. The Bertz CT molecular complexity index is 769. The van der Waals surface area contributed by atoms with Crippen LogP contribution in [-0.4, -0.2) is 11.8 Å². The second-order valence-corrected chi connectivity index (χ2v) is 5.81. The molecule has 0 aliphatic heterocycles. The SMILES string of the molecule is CC(=O)Oc1cc(/C=C/C(=O)Cc2cccc(Br)c2)ccc1F. The van der Waals surface area contributed by atoms with E-state index in [1.807, 2.05) is 24.3 Å². The summed E-state index contributed by atoms with van der Waals surface area (Å²) in [4.78, 5) is 22.9. The van der Waals surface area contributed by atoms with Gasteiger partial charge in [0.1, 0.15) is 0 Å². The second kappa shape index (κ2) is 7.83. The first-order chi connectivity index (χ1) is 10.9. The molecule has 0 amide bonds. The number of rotatable bonds is 5. The van der Waals surface area contributed by atoms with Crippen LogP contribution in [0.1, 0.15) is 18.1 Å². The van der Waals surface area contributed by atoms with E-state index in [9.17, 15) is 14.0 Å². The molecule has 0 radical (unpaired) electrons. The minimum Gasteiger partial charge on any atom is -0.424 e. The van der Waals surface area contributed by atoms with Crippen molar-refractivity contribution in [2.45, 2.75) is 13.3 Å². The molecular formula is C18H14BrFO3. The molecule has 0 fully saturated rings. The number of esters is 1. The van der Waals surface area contributed by atoms with Gasteiger partial charge in [-0.05, 0) is 41.5 Å². The van der Waals surface area contributed by atoms with Crippen LogP contribution in [0.4, 0.5) is 4.39 Å². The van der Waals surface area contributed by atoms with Crippen LogP contribution in [-0.2, 0) is 16.0 Å². The summed E-state index contributed by atoms with van der Waals surface area (Å²) in [6.45, 7) is 1.20. The molecule has 0 N–H and O–H groups in total. The van der Waals surface area contributed by atoms with Crippen LogP contribution in [0, 0.1) is 5.82 Å². The van der Waals surface area contributed by atoms with Crippen LogP contribution in [0.25, 0.3) is 6.08 Å². The van der Waals surface area contributed by atoms with Crippen LogP contribution >= 0.6 is 15.9 Å². The van der Waals surface area contributed by atoms with E-state index in [0.717, 1.165) is 10.0 Å². The average Bonchev–Trinajstić information content (AvgIpc) is 2.47. The largest absolute Gasteiger partial charge is 0.424 e. The Labute approximate surface area is 141 Å². The summed E-state index contributed by atoms with van der Waals surface area (Å²) < 4.78 is 19.2. The van der Waals surface area contributed by atoms with Crippen molar-refractivity contribution in [3.8, 4) is 5.75 Å². The van der Waals surface area contributed by atoms with E-state index in [0.29, 0.717) is 5.56 Å². The molecule has 3 nitrogen and oxygen atoms in total. The highest BCUT2D eigenvalue weighted by molar-refractivity contribution is 9.10. The van der Waals surface area contributed by atoms with Gasteiger partial charge in [0.05, 0.1) is 0 Å². The maximum absolute atomic E-state index is 13.5. The van der Waals surface area contributed by atoms with Crippen molar-refractivity contribution in [1.29, 1.82) is 0 Å². The van der Waals surface area contributed by atoms with Gasteiger partial charge in [-0.15, -0.1) is 0 Å². The van der Waals surface area contributed by atoms with E-state index >= 15 is 0 Å². The van der Waals surface area contributed by atoms with E-state index in [1.165, 1.54) is 31.2 Å². The van der Waals surface area contributed by atoms with Gasteiger partial charge in [-0.25, -0.2) is 4.39 Å². The molecule has 0 spiro atoms. The van der Waals surface area contributed by atoms with E-state index < -0.39 is 11.8 Å². The molecule has 0 unspecified atom stereocenters. The highest BCUT2D eigenvalue weighted by Crippen LogP contribution is 2.20. The smallest absolute Gasteiger partial charge is 0.308 e. The lowest BCUT2D eigenvalue weighted by molar-refractivity contribution is -0.132. The molecule has 0 aromatic heterocycles.